The van der Waals surface area contributed by atoms with Crippen LogP contribution in [0.15, 0.2) is 102 Å². The van der Waals surface area contributed by atoms with Gasteiger partial charge in [0.15, 0.2) is 0 Å². The lowest BCUT2D eigenvalue weighted by Crippen LogP contribution is -1.84. The van der Waals surface area contributed by atoms with Crippen molar-refractivity contribution in [3.63, 3.8) is 0 Å². The summed E-state index contributed by atoms with van der Waals surface area (Å²) in [6.07, 6.45) is 1.91. The third kappa shape index (κ3) is 4.02. The van der Waals surface area contributed by atoms with Crippen LogP contribution in [0.1, 0.15) is 10.6 Å². The predicted molar refractivity (Wildman–Crippen MR) is 130 cm³/mol. The van der Waals surface area contributed by atoms with E-state index >= 15 is 0 Å². The first-order valence-electron chi connectivity index (χ1n) is 10.0. The van der Waals surface area contributed by atoms with Crippen LogP contribution in [-0.2, 0) is 0 Å². The smallest absolute Gasteiger partial charge is 0.134 e. The third-order valence-corrected chi connectivity index (χ3v) is 6.10. The van der Waals surface area contributed by atoms with Gasteiger partial charge in [0.05, 0.1) is 11.3 Å². The molecule has 0 saturated carbocycles. The lowest BCUT2D eigenvalue weighted by atomic mass is 10.0. The van der Waals surface area contributed by atoms with Gasteiger partial charge in [0.25, 0.3) is 0 Å². The van der Waals surface area contributed by atoms with Crippen LogP contribution in [0.25, 0.3) is 44.8 Å². The van der Waals surface area contributed by atoms with Gasteiger partial charge >= 0.3 is 0 Å². The first kappa shape index (κ1) is 19.0. The summed E-state index contributed by atoms with van der Waals surface area (Å²) in [6.45, 7) is 0. The van der Waals surface area contributed by atoms with Crippen molar-refractivity contribution in [3.8, 4) is 28.5 Å². The quantitative estimate of drug-likeness (QED) is 0.283. The van der Waals surface area contributed by atoms with E-state index in [4.69, 9.17) is 4.98 Å². The molecule has 0 aliphatic carbocycles. The second-order valence-corrected chi connectivity index (χ2v) is 8.12. The summed E-state index contributed by atoms with van der Waals surface area (Å²) in [5, 5.41) is 14.8. The molecular formula is C28H18N2S. The van der Waals surface area contributed by atoms with E-state index in [1.807, 2.05) is 47.9 Å². The molecule has 5 aromatic rings. The van der Waals surface area contributed by atoms with Crippen LogP contribution in [0.3, 0.4) is 0 Å². The Balaban J connectivity index is 1.43. The molecule has 0 amide bonds. The average molecular weight is 415 g/mol. The summed E-state index contributed by atoms with van der Waals surface area (Å²) in [6, 6.07) is 35.5. The summed E-state index contributed by atoms with van der Waals surface area (Å²) in [5.41, 5.74) is 5.88. The van der Waals surface area contributed by atoms with Gasteiger partial charge in [-0.15, -0.1) is 11.3 Å². The largest absolute Gasteiger partial charge is 0.235 e. The topological polar surface area (TPSA) is 36.7 Å². The highest BCUT2D eigenvalue weighted by Crippen LogP contribution is 2.29. The van der Waals surface area contributed by atoms with Gasteiger partial charge in [0, 0.05) is 10.9 Å². The van der Waals surface area contributed by atoms with Gasteiger partial charge in [0.2, 0.25) is 0 Å². The predicted octanol–water partition coefficient (Wildman–Crippen LogP) is 7.69. The molecule has 0 radical (unpaired) electrons. The van der Waals surface area contributed by atoms with E-state index < -0.39 is 0 Å². The second-order valence-electron chi connectivity index (χ2n) is 7.26. The van der Waals surface area contributed by atoms with Gasteiger partial charge in [-0.05, 0) is 39.6 Å². The monoisotopic (exact) mass is 414 g/mol. The molecule has 4 aromatic carbocycles. The van der Waals surface area contributed by atoms with Crippen LogP contribution in [0.2, 0.25) is 0 Å². The Bertz CT molecular complexity index is 1420. The van der Waals surface area contributed by atoms with Crippen molar-refractivity contribution in [3.05, 3.63) is 113 Å². The van der Waals surface area contributed by atoms with Crippen molar-refractivity contribution < 1.29 is 0 Å². The Labute approximate surface area is 185 Å². The summed E-state index contributed by atoms with van der Waals surface area (Å²) >= 11 is 1.50. The Morgan fingerprint density at radius 1 is 0.742 bits per heavy atom. The van der Waals surface area contributed by atoms with Crippen molar-refractivity contribution in [2.75, 3.05) is 0 Å². The van der Waals surface area contributed by atoms with E-state index in [0.717, 1.165) is 27.2 Å². The Morgan fingerprint density at radius 3 is 2.19 bits per heavy atom. The lowest BCUT2D eigenvalue weighted by Gasteiger charge is -2.03. The number of rotatable bonds is 4. The number of benzene rings is 4. The standard InChI is InChI=1S/C28H18N2S/c29-18-26(17-20-10-11-22-8-4-5-9-25(22)16-20)28-30-27(19-31-28)24-14-12-23(13-15-24)21-6-2-1-3-7-21/h1-17,19H/b26-17+. The molecule has 5 rings (SSSR count). The molecule has 1 heterocycles. The van der Waals surface area contributed by atoms with Gasteiger partial charge in [0.1, 0.15) is 11.1 Å². The Kier molecular flexibility index (Phi) is 5.14. The summed E-state index contributed by atoms with van der Waals surface area (Å²) < 4.78 is 0. The van der Waals surface area contributed by atoms with E-state index in [0.29, 0.717) is 5.57 Å². The van der Waals surface area contributed by atoms with E-state index in [9.17, 15) is 5.26 Å². The zero-order chi connectivity index (χ0) is 21.0. The van der Waals surface area contributed by atoms with Crippen LogP contribution < -0.4 is 0 Å². The highest BCUT2D eigenvalue weighted by atomic mass is 32.1. The number of nitriles is 1. The number of nitrogens with zero attached hydrogens (tertiary/aromatic N) is 2. The van der Waals surface area contributed by atoms with E-state index in [1.54, 1.807) is 0 Å². The number of hydrogen-bond donors (Lipinski definition) is 0. The van der Waals surface area contributed by atoms with Gasteiger partial charge in [-0.25, -0.2) is 4.98 Å². The minimum absolute atomic E-state index is 0.576. The maximum Gasteiger partial charge on any atom is 0.134 e. The van der Waals surface area contributed by atoms with Crippen molar-refractivity contribution in [2.24, 2.45) is 0 Å². The maximum absolute atomic E-state index is 9.74. The molecule has 0 aliphatic rings. The van der Waals surface area contributed by atoms with Crippen LogP contribution in [0, 0.1) is 11.3 Å². The average Bonchev–Trinajstić information content (AvgIpc) is 3.33. The minimum Gasteiger partial charge on any atom is -0.235 e. The van der Waals surface area contributed by atoms with Crippen LogP contribution >= 0.6 is 11.3 Å². The molecule has 0 N–H and O–H groups in total. The normalized spacial score (nSPS) is 11.4. The molecule has 3 heteroatoms. The second kappa shape index (κ2) is 8.39. The highest BCUT2D eigenvalue weighted by Gasteiger charge is 2.10. The van der Waals surface area contributed by atoms with E-state index in [-0.39, 0.29) is 0 Å². The molecule has 0 atom stereocenters. The first-order valence-corrected chi connectivity index (χ1v) is 10.9. The molecule has 0 fully saturated rings. The van der Waals surface area contributed by atoms with E-state index in [2.05, 4.69) is 66.7 Å². The molecule has 31 heavy (non-hydrogen) atoms. The van der Waals surface area contributed by atoms with E-state index in [1.165, 1.54) is 27.8 Å². The lowest BCUT2D eigenvalue weighted by molar-refractivity contribution is 1.37. The zero-order valence-electron chi connectivity index (χ0n) is 16.7. The van der Waals surface area contributed by atoms with Gasteiger partial charge in [-0.2, -0.15) is 5.26 Å². The number of allylic oxidation sites excluding steroid dienone is 1. The van der Waals surface area contributed by atoms with Crippen LogP contribution in [0.5, 0.6) is 0 Å². The maximum atomic E-state index is 9.74. The summed E-state index contributed by atoms with van der Waals surface area (Å²) in [5.74, 6) is 0. The Hall–Kier alpha value is -4.00. The molecule has 2 nitrogen and oxygen atoms in total. The van der Waals surface area contributed by atoms with Crippen molar-refractivity contribution in [2.45, 2.75) is 0 Å². The fourth-order valence-electron chi connectivity index (χ4n) is 3.60. The molecule has 0 saturated heterocycles. The number of aromatic nitrogens is 1. The van der Waals surface area contributed by atoms with Gasteiger partial charge in [-0.3, -0.25) is 0 Å². The van der Waals surface area contributed by atoms with Crippen molar-refractivity contribution in [1.82, 2.24) is 4.98 Å². The molecular weight excluding hydrogens is 396 g/mol. The number of hydrogen-bond acceptors (Lipinski definition) is 3. The molecule has 1 aromatic heterocycles. The van der Waals surface area contributed by atoms with Gasteiger partial charge in [-0.1, -0.05) is 91.0 Å². The summed E-state index contributed by atoms with van der Waals surface area (Å²) in [4.78, 5) is 4.74. The molecule has 0 bridgehead atoms. The molecule has 0 spiro atoms. The summed E-state index contributed by atoms with van der Waals surface area (Å²) in [7, 11) is 0. The highest BCUT2D eigenvalue weighted by molar-refractivity contribution is 7.11. The number of thiazole rings is 1. The Morgan fingerprint density at radius 2 is 1.42 bits per heavy atom. The zero-order valence-corrected chi connectivity index (χ0v) is 17.5. The molecule has 146 valence electrons. The molecule has 0 unspecified atom stereocenters. The number of fused-ring (bicyclic) bond motifs is 1. The first-order chi connectivity index (χ1) is 15.3. The minimum atomic E-state index is 0.576. The van der Waals surface area contributed by atoms with Crippen molar-refractivity contribution >= 4 is 33.8 Å². The fraction of sp³-hybridized carbons (Fsp3) is 0. The van der Waals surface area contributed by atoms with Gasteiger partial charge < -0.3 is 0 Å². The van der Waals surface area contributed by atoms with Crippen LogP contribution in [0.4, 0.5) is 0 Å². The third-order valence-electron chi connectivity index (χ3n) is 5.23. The van der Waals surface area contributed by atoms with Crippen molar-refractivity contribution in [1.29, 1.82) is 5.26 Å². The SMILES string of the molecule is N#C/C(=C\c1ccc2ccccc2c1)c1nc(-c2ccc(-c3ccccc3)cc2)cs1. The molecule has 0 aliphatic heterocycles. The van der Waals surface area contributed by atoms with Crippen LogP contribution in [-0.4, -0.2) is 4.98 Å². The fourth-order valence-corrected chi connectivity index (χ4v) is 4.39.